The quantitative estimate of drug-likeness (QED) is 0.161. The molecule has 0 aliphatic carbocycles. The van der Waals surface area contributed by atoms with E-state index in [-0.39, 0.29) is 43.1 Å². The molecule has 0 spiro atoms. The van der Waals surface area contributed by atoms with Crippen molar-refractivity contribution < 1.29 is 30.2 Å². The number of hydrogen-bond donors (Lipinski definition) is 0. The molecule has 0 unspecified atom stereocenters. The summed E-state index contributed by atoms with van der Waals surface area (Å²) in [5.74, 6) is 1.44. The molecular formula is C48H46FN4OPt-3. The van der Waals surface area contributed by atoms with E-state index in [1.54, 1.807) is 6.07 Å². The first-order valence-corrected chi connectivity index (χ1v) is 18.6. The minimum Gasteiger partial charge on any atom is -0.509 e. The van der Waals surface area contributed by atoms with Crippen LogP contribution in [0.5, 0.6) is 11.5 Å². The van der Waals surface area contributed by atoms with Crippen LogP contribution in [0.25, 0.3) is 27.6 Å². The van der Waals surface area contributed by atoms with Gasteiger partial charge in [-0.2, -0.15) is 12.1 Å². The van der Waals surface area contributed by atoms with Crippen molar-refractivity contribution in [2.75, 3.05) is 9.80 Å². The second-order valence-corrected chi connectivity index (χ2v) is 17.3. The maximum absolute atomic E-state index is 15.4. The molecule has 8 rings (SSSR count). The van der Waals surface area contributed by atoms with Gasteiger partial charge in [0, 0.05) is 61.3 Å². The van der Waals surface area contributed by atoms with Crippen molar-refractivity contribution in [3.63, 3.8) is 0 Å². The van der Waals surface area contributed by atoms with Crippen LogP contribution in [-0.4, -0.2) is 9.55 Å². The Morgan fingerprint density at radius 3 is 1.95 bits per heavy atom. The summed E-state index contributed by atoms with van der Waals surface area (Å²) in [7, 11) is 0. The fourth-order valence-electron chi connectivity index (χ4n) is 7.11. The van der Waals surface area contributed by atoms with Crippen LogP contribution >= 0.6 is 0 Å². The van der Waals surface area contributed by atoms with E-state index in [1.807, 2.05) is 53.2 Å². The largest absolute Gasteiger partial charge is 0.509 e. The third-order valence-corrected chi connectivity index (χ3v) is 10.3. The normalized spacial score (nSPS) is 13.3. The van der Waals surface area contributed by atoms with Crippen LogP contribution in [0.4, 0.5) is 27.1 Å². The van der Waals surface area contributed by atoms with E-state index in [1.165, 1.54) is 17.2 Å². The molecule has 2 aromatic heterocycles. The van der Waals surface area contributed by atoms with Crippen LogP contribution in [-0.2, 0) is 37.3 Å². The Bertz CT molecular complexity index is 2520. The van der Waals surface area contributed by atoms with Crippen LogP contribution in [0.2, 0.25) is 0 Å². The number of nitrogens with zero attached hydrogens (tertiary/aromatic N) is 4. The number of ether oxygens (including phenoxy) is 1. The summed E-state index contributed by atoms with van der Waals surface area (Å²) in [6.45, 7) is 22.2. The van der Waals surface area contributed by atoms with Gasteiger partial charge in [0.25, 0.3) is 0 Å². The van der Waals surface area contributed by atoms with E-state index in [9.17, 15) is 0 Å². The van der Waals surface area contributed by atoms with Gasteiger partial charge in [-0.05, 0) is 86.9 Å². The Balaban J connectivity index is 0.00000465. The summed E-state index contributed by atoms with van der Waals surface area (Å²) in [5, 5.41) is 1.27. The van der Waals surface area contributed by atoms with Gasteiger partial charge in [-0.3, -0.25) is 0 Å². The van der Waals surface area contributed by atoms with Crippen LogP contribution in [0.15, 0.2) is 109 Å². The average molecular weight is 909 g/mol. The van der Waals surface area contributed by atoms with E-state index in [0.717, 1.165) is 39.2 Å². The van der Waals surface area contributed by atoms with Crippen molar-refractivity contribution in [2.24, 2.45) is 0 Å². The third-order valence-electron chi connectivity index (χ3n) is 10.3. The van der Waals surface area contributed by atoms with E-state index in [4.69, 9.17) is 9.72 Å². The topological polar surface area (TPSA) is 33.5 Å². The Morgan fingerprint density at radius 1 is 0.636 bits per heavy atom. The predicted molar refractivity (Wildman–Crippen MR) is 220 cm³/mol. The molecule has 1 aliphatic heterocycles. The van der Waals surface area contributed by atoms with Gasteiger partial charge in [0.1, 0.15) is 11.6 Å². The number of pyridine rings is 1. The van der Waals surface area contributed by atoms with E-state index >= 15 is 4.39 Å². The number of rotatable bonds is 5. The summed E-state index contributed by atoms with van der Waals surface area (Å²) in [4.78, 5) is 9.16. The first-order valence-electron chi connectivity index (χ1n) is 18.6. The molecule has 7 aromatic rings. The maximum atomic E-state index is 15.4. The molecular weight excluding hydrogens is 863 g/mol. The Hall–Kier alpha value is -4.93. The molecule has 0 N–H and O–H groups in total. The predicted octanol–water partition coefficient (Wildman–Crippen LogP) is 13.0. The molecule has 5 nitrogen and oxygen atoms in total. The average Bonchev–Trinajstić information content (AvgIpc) is 3.67. The summed E-state index contributed by atoms with van der Waals surface area (Å²) in [5.41, 5.74) is 9.12. The maximum Gasteiger partial charge on any atom is 0.135 e. The summed E-state index contributed by atoms with van der Waals surface area (Å²) >= 11 is 0. The van der Waals surface area contributed by atoms with Gasteiger partial charge >= 0.3 is 0 Å². The van der Waals surface area contributed by atoms with Crippen molar-refractivity contribution in [1.82, 2.24) is 9.55 Å². The van der Waals surface area contributed by atoms with Gasteiger partial charge in [0.05, 0.1) is 0 Å². The number of para-hydroxylation sites is 2. The van der Waals surface area contributed by atoms with Gasteiger partial charge in [-0.15, -0.1) is 42.7 Å². The molecule has 5 aromatic carbocycles. The van der Waals surface area contributed by atoms with Gasteiger partial charge in [-0.1, -0.05) is 97.5 Å². The zero-order valence-electron chi connectivity index (χ0n) is 32.9. The van der Waals surface area contributed by atoms with Gasteiger partial charge in [-0.25, -0.2) is 9.37 Å². The number of aromatic nitrogens is 2. The SMILES string of the molecule is CC(C)(C)c1cc(N2[CH-]N(c3[c-]c(Oc4[c-]c5c(cc4)c4c(F)cccc4n5-c4cc(C(C)(C)C)ccn4)ccc3)c3ccccc32)cc(C(C)(C)C)c1.[Pt]. The second-order valence-electron chi connectivity index (χ2n) is 17.3. The van der Waals surface area contributed by atoms with E-state index < -0.39 is 0 Å². The zero-order chi connectivity index (χ0) is 38.2. The minimum atomic E-state index is -0.290. The summed E-state index contributed by atoms with van der Waals surface area (Å²) in [6, 6.07) is 41.3. The fraction of sp³-hybridized carbons (Fsp3) is 0.250. The van der Waals surface area contributed by atoms with Crippen molar-refractivity contribution in [1.29, 1.82) is 0 Å². The van der Waals surface area contributed by atoms with Crippen LogP contribution < -0.4 is 14.5 Å². The molecule has 7 heteroatoms. The molecule has 1 aliphatic rings. The molecule has 0 amide bonds. The van der Waals surface area contributed by atoms with Gasteiger partial charge < -0.3 is 19.1 Å². The number of fused-ring (bicyclic) bond motifs is 4. The molecule has 55 heavy (non-hydrogen) atoms. The van der Waals surface area contributed by atoms with Crippen molar-refractivity contribution >= 4 is 44.6 Å². The first kappa shape index (κ1) is 38.3. The monoisotopic (exact) mass is 908 g/mol. The Morgan fingerprint density at radius 2 is 1.27 bits per heavy atom. The molecule has 0 bridgehead atoms. The molecule has 284 valence electrons. The molecule has 0 radical (unpaired) electrons. The second kappa shape index (κ2) is 14.0. The van der Waals surface area contributed by atoms with Crippen LogP contribution in [0.1, 0.15) is 79.0 Å². The van der Waals surface area contributed by atoms with Crippen LogP contribution in [0.3, 0.4) is 0 Å². The van der Waals surface area contributed by atoms with Crippen molar-refractivity contribution in [2.45, 2.75) is 78.6 Å². The smallest absolute Gasteiger partial charge is 0.135 e. The van der Waals surface area contributed by atoms with E-state index in [0.29, 0.717) is 28.2 Å². The number of benzene rings is 5. The molecule has 0 atom stereocenters. The number of hydrogen-bond acceptors (Lipinski definition) is 4. The van der Waals surface area contributed by atoms with Gasteiger partial charge in [0.15, 0.2) is 0 Å². The van der Waals surface area contributed by atoms with Crippen molar-refractivity contribution in [3.8, 4) is 17.3 Å². The number of halogens is 1. The third kappa shape index (κ3) is 7.18. The Kier molecular flexibility index (Phi) is 9.74. The molecule has 0 fully saturated rings. The van der Waals surface area contributed by atoms with E-state index in [2.05, 4.69) is 139 Å². The minimum absolute atomic E-state index is 0. The molecule has 0 saturated heterocycles. The molecule has 3 heterocycles. The first-order chi connectivity index (χ1) is 25.6. The van der Waals surface area contributed by atoms with Crippen molar-refractivity contribution in [3.05, 3.63) is 151 Å². The standard InChI is InChI=1S/C48H46FN4O.Pt/c1-46(2,3)31-22-23-50-44(27-31)53-42-19-13-16-39(49)45(42)38-21-20-37(29-43(38)53)54-36-15-12-14-34(28-36)51-30-52(41-18-11-10-17-40(41)51)35-25-32(47(4,5)6)24-33(26-35)48(7,8)9;/h10-27,30H,1-9H3;/q-3;. The fourth-order valence-corrected chi connectivity index (χ4v) is 7.11. The summed E-state index contributed by atoms with van der Waals surface area (Å²) < 4.78 is 23.9. The van der Waals surface area contributed by atoms with Gasteiger partial charge in [0.2, 0.25) is 0 Å². The summed E-state index contributed by atoms with van der Waals surface area (Å²) in [6.07, 6.45) is 1.81. The van der Waals surface area contributed by atoms with Crippen LogP contribution in [0, 0.1) is 24.6 Å². The molecule has 0 saturated carbocycles. The Labute approximate surface area is 339 Å². The zero-order valence-corrected chi connectivity index (χ0v) is 35.1. The number of anilines is 4.